The van der Waals surface area contributed by atoms with Crippen molar-refractivity contribution in [2.75, 3.05) is 18.0 Å². The number of aryl methyl sites for hydroxylation is 1. The van der Waals surface area contributed by atoms with Crippen molar-refractivity contribution < 1.29 is 14.3 Å². The van der Waals surface area contributed by atoms with E-state index < -0.39 is 22.8 Å². The van der Waals surface area contributed by atoms with Crippen LogP contribution in [0.25, 0.3) is 17.0 Å². The van der Waals surface area contributed by atoms with Gasteiger partial charge in [0.15, 0.2) is 17.3 Å². The van der Waals surface area contributed by atoms with Gasteiger partial charge in [0.25, 0.3) is 5.95 Å². The van der Waals surface area contributed by atoms with Crippen LogP contribution in [0.2, 0.25) is 0 Å². The second-order valence-electron chi connectivity index (χ2n) is 6.31. The Hall–Kier alpha value is -3.12. The van der Waals surface area contributed by atoms with E-state index in [-0.39, 0.29) is 41.2 Å². The van der Waals surface area contributed by atoms with Crippen LogP contribution >= 0.6 is 12.4 Å². The third-order valence-electron chi connectivity index (χ3n) is 4.48. The molecule has 11 nitrogen and oxygen atoms in total. The predicted octanol–water partition coefficient (Wildman–Crippen LogP) is -0.294. The maximum atomic E-state index is 14.7. The van der Waals surface area contributed by atoms with Crippen molar-refractivity contribution in [3.63, 3.8) is 0 Å². The minimum absolute atomic E-state index is 0. The molecule has 0 aromatic carbocycles. The van der Waals surface area contributed by atoms with E-state index in [1.807, 2.05) is 0 Å². The second kappa shape index (κ2) is 7.13. The van der Waals surface area contributed by atoms with Crippen LogP contribution < -0.4 is 16.1 Å². The smallest absolute Gasteiger partial charge is 0.341 e. The molecule has 3 aromatic rings. The van der Waals surface area contributed by atoms with Crippen LogP contribution in [0.4, 0.5) is 10.2 Å². The Bertz CT molecular complexity index is 1130. The van der Waals surface area contributed by atoms with Crippen LogP contribution in [-0.4, -0.2) is 60.0 Å². The van der Waals surface area contributed by atoms with Gasteiger partial charge < -0.3 is 15.7 Å². The van der Waals surface area contributed by atoms with Gasteiger partial charge in [0.2, 0.25) is 5.43 Å². The van der Waals surface area contributed by atoms with Crippen molar-refractivity contribution in [1.29, 1.82) is 0 Å². The lowest BCUT2D eigenvalue weighted by Crippen LogP contribution is -2.28. The summed E-state index contributed by atoms with van der Waals surface area (Å²) in [6.07, 6.45) is 1.78. The van der Waals surface area contributed by atoms with E-state index in [1.165, 1.54) is 9.25 Å². The van der Waals surface area contributed by atoms with Crippen LogP contribution in [-0.2, 0) is 7.05 Å². The van der Waals surface area contributed by atoms with Crippen molar-refractivity contribution in [3.8, 4) is 5.95 Å². The first-order chi connectivity index (χ1) is 12.9. The summed E-state index contributed by atoms with van der Waals surface area (Å²) >= 11 is 0. The molecule has 1 fully saturated rings. The van der Waals surface area contributed by atoms with Crippen LogP contribution in [0.1, 0.15) is 16.8 Å². The number of anilines is 1. The van der Waals surface area contributed by atoms with E-state index in [1.54, 1.807) is 11.9 Å². The zero-order chi connectivity index (χ0) is 19.3. The van der Waals surface area contributed by atoms with Gasteiger partial charge in [-0.1, -0.05) is 5.10 Å². The lowest BCUT2D eigenvalue weighted by molar-refractivity contribution is 0.0695. The van der Waals surface area contributed by atoms with Crippen molar-refractivity contribution >= 4 is 35.2 Å². The number of pyridine rings is 2. The van der Waals surface area contributed by atoms with Crippen LogP contribution in [0.15, 0.2) is 17.1 Å². The molecule has 3 N–H and O–H groups in total. The zero-order valence-corrected chi connectivity index (χ0v) is 15.4. The summed E-state index contributed by atoms with van der Waals surface area (Å²) in [4.78, 5) is 30.0. The Morgan fingerprint density at radius 2 is 2.18 bits per heavy atom. The molecule has 0 amide bonds. The van der Waals surface area contributed by atoms with Gasteiger partial charge in [-0.2, -0.15) is 0 Å². The average molecular weight is 411 g/mol. The van der Waals surface area contributed by atoms with Crippen molar-refractivity contribution in [2.24, 2.45) is 12.8 Å². The van der Waals surface area contributed by atoms with E-state index >= 15 is 0 Å². The molecule has 0 spiro atoms. The first kappa shape index (κ1) is 19.6. The topological polar surface area (TPSA) is 145 Å². The Kier molecular flexibility index (Phi) is 5.00. The zero-order valence-electron chi connectivity index (χ0n) is 14.6. The quantitative estimate of drug-likeness (QED) is 0.594. The number of fused-ring (bicyclic) bond motifs is 1. The molecule has 1 saturated heterocycles. The molecule has 148 valence electrons. The van der Waals surface area contributed by atoms with E-state index in [0.29, 0.717) is 19.5 Å². The Morgan fingerprint density at radius 1 is 1.43 bits per heavy atom. The molecule has 1 atom stereocenters. The van der Waals surface area contributed by atoms with Crippen molar-refractivity contribution in [1.82, 2.24) is 29.8 Å². The van der Waals surface area contributed by atoms with Gasteiger partial charge in [0, 0.05) is 32.4 Å². The molecule has 13 heteroatoms. The highest BCUT2D eigenvalue weighted by molar-refractivity contribution is 5.92. The summed E-state index contributed by atoms with van der Waals surface area (Å²) in [5.74, 6) is -1.99. The summed E-state index contributed by atoms with van der Waals surface area (Å²) in [5.41, 5.74) is 4.57. The Balaban J connectivity index is 0.00000225. The number of aromatic nitrogens is 6. The normalized spacial score (nSPS) is 16.4. The first-order valence-electron chi connectivity index (χ1n) is 8.09. The fourth-order valence-corrected chi connectivity index (χ4v) is 3.15. The molecule has 1 aliphatic heterocycles. The van der Waals surface area contributed by atoms with E-state index in [0.717, 1.165) is 12.3 Å². The van der Waals surface area contributed by atoms with E-state index in [2.05, 4.69) is 20.5 Å². The number of carboxylic acid groups (broad SMARTS) is 1. The molecule has 28 heavy (non-hydrogen) atoms. The molecule has 0 saturated carbocycles. The van der Waals surface area contributed by atoms with Crippen molar-refractivity contribution in [3.05, 3.63) is 33.9 Å². The third-order valence-corrected chi connectivity index (χ3v) is 4.48. The van der Waals surface area contributed by atoms with Gasteiger partial charge in [0.05, 0.1) is 5.39 Å². The molecule has 0 aliphatic carbocycles. The summed E-state index contributed by atoms with van der Waals surface area (Å²) in [6.45, 7) is 0.956. The highest BCUT2D eigenvalue weighted by Crippen LogP contribution is 2.25. The maximum Gasteiger partial charge on any atom is 0.341 e. The van der Waals surface area contributed by atoms with Gasteiger partial charge in [-0.25, -0.2) is 18.9 Å². The molecule has 0 radical (unpaired) electrons. The summed E-state index contributed by atoms with van der Waals surface area (Å²) < 4.78 is 17.2. The number of nitrogens with zero attached hydrogens (tertiary/aromatic N) is 7. The number of hydrogen-bond acceptors (Lipinski definition) is 8. The lowest BCUT2D eigenvalue weighted by atomic mass is 10.2. The number of carboxylic acids is 1. The van der Waals surface area contributed by atoms with Gasteiger partial charge in [-0.3, -0.25) is 9.36 Å². The molecule has 4 rings (SSSR count). The highest BCUT2D eigenvalue weighted by Gasteiger charge is 2.26. The van der Waals surface area contributed by atoms with Gasteiger partial charge in [-0.05, 0) is 22.9 Å². The van der Waals surface area contributed by atoms with E-state index in [4.69, 9.17) is 5.73 Å². The molecule has 1 aliphatic rings. The first-order valence-corrected chi connectivity index (χ1v) is 8.09. The molecule has 0 unspecified atom stereocenters. The minimum atomic E-state index is -1.44. The van der Waals surface area contributed by atoms with E-state index in [9.17, 15) is 19.1 Å². The molecule has 0 bridgehead atoms. The second-order valence-corrected chi connectivity index (χ2v) is 6.31. The Labute approximate surface area is 163 Å². The predicted molar refractivity (Wildman–Crippen MR) is 98.7 cm³/mol. The number of nitrogens with two attached hydrogens (primary N) is 1. The molecular weight excluding hydrogens is 395 g/mol. The monoisotopic (exact) mass is 410 g/mol. The number of carbonyl (C=O) groups is 1. The molecule has 4 heterocycles. The number of tetrazole rings is 1. The SMILES string of the molecule is Cl.Cn1nnnc1-n1cc(C(=O)O)c(=O)c2cc(F)c(N3CC[C@H](N)C3)nc21. The molecular formula is C15H16ClFN8O3. The van der Waals surface area contributed by atoms with Gasteiger partial charge >= 0.3 is 5.97 Å². The third kappa shape index (κ3) is 3.05. The van der Waals surface area contributed by atoms with Gasteiger partial charge in [0.1, 0.15) is 5.56 Å². The van der Waals surface area contributed by atoms with Crippen LogP contribution in [0.5, 0.6) is 0 Å². The van der Waals surface area contributed by atoms with Gasteiger partial charge in [-0.15, -0.1) is 12.4 Å². The number of aromatic carboxylic acids is 1. The minimum Gasteiger partial charge on any atom is -0.477 e. The lowest BCUT2D eigenvalue weighted by Gasteiger charge is -2.19. The van der Waals surface area contributed by atoms with Crippen LogP contribution in [0, 0.1) is 5.82 Å². The van der Waals surface area contributed by atoms with Crippen molar-refractivity contribution in [2.45, 2.75) is 12.5 Å². The average Bonchev–Trinajstić information content (AvgIpc) is 3.23. The fraction of sp³-hybridized carbons (Fsp3) is 0.333. The largest absolute Gasteiger partial charge is 0.477 e. The molecule has 3 aromatic heterocycles. The summed E-state index contributed by atoms with van der Waals surface area (Å²) in [7, 11) is 1.55. The summed E-state index contributed by atoms with van der Waals surface area (Å²) in [6, 6.07) is 0.901. The Morgan fingerprint density at radius 3 is 2.75 bits per heavy atom. The highest BCUT2D eigenvalue weighted by atomic mass is 35.5. The number of hydrogen-bond donors (Lipinski definition) is 2. The number of halogens is 2. The fourth-order valence-electron chi connectivity index (χ4n) is 3.15. The number of rotatable bonds is 3. The summed E-state index contributed by atoms with van der Waals surface area (Å²) in [5, 5.41) is 20.2. The standard InChI is InChI=1S/C15H15FN8O3.ClH/c1-22-15(19-20-21-22)24-6-9(14(26)27)11(25)8-4-10(16)13(18-12(8)24)23-3-2-7(17)5-23;/h4,6-7H,2-3,5,17H2,1H3,(H,26,27);1H/t7-;/m0./s1. The van der Waals surface area contributed by atoms with Crippen LogP contribution in [0.3, 0.4) is 0 Å². The maximum absolute atomic E-state index is 14.7.